The van der Waals surface area contributed by atoms with Crippen molar-refractivity contribution in [3.8, 4) is 0 Å². The van der Waals surface area contributed by atoms with E-state index in [-0.39, 0.29) is 0 Å². The third-order valence-electron chi connectivity index (χ3n) is 2.73. The molecule has 5 nitrogen and oxygen atoms in total. The van der Waals surface area contributed by atoms with E-state index in [1.165, 1.54) is 17.4 Å². The third kappa shape index (κ3) is 1.87. The molecule has 1 atom stereocenters. The molecule has 0 aliphatic heterocycles. The monoisotopic (exact) mass is 249 g/mol. The summed E-state index contributed by atoms with van der Waals surface area (Å²) in [6.45, 7) is 0. The van der Waals surface area contributed by atoms with Gasteiger partial charge in [0, 0.05) is 17.2 Å². The molecule has 88 valence electrons. The van der Waals surface area contributed by atoms with Gasteiger partial charge >= 0.3 is 0 Å². The molecule has 1 aliphatic carbocycles. The smallest absolute Gasteiger partial charge is 0.248 e. The fourth-order valence-electron chi connectivity index (χ4n) is 1.71. The number of nitrogens with two attached hydrogens (primary N) is 2. The van der Waals surface area contributed by atoms with Crippen LogP contribution in [-0.4, -0.2) is 16.8 Å². The number of primary amides is 2. The quantitative estimate of drug-likeness (QED) is 0.802. The first-order valence-electron chi connectivity index (χ1n) is 4.95. The van der Waals surface area contributed by atoms with Gasteiger partial charge in [0.25, 0.3) is 0 Å². The number of rotatable bonds is 3. The van der Waals surface area contributed by atoms with Crippen LogP contribution >= 0.6 is 11.3 Å². The van der Waals surface area contributed by atoms with Crippen LogP contribution in [-0.2, 0) is 15.0 Å². The molecule has 1 aliphatic rings. The maximum atomic E-state index is 11.6. The Kier molecular flexibility index (Phi) is 2.81. The maximum Gasteiger partial charge on any atom is 0.248 e. The molecule has 0 saturated heterocycles. The fourth-order valence-corrected chi connectivity index (χ4v) is 2.55. The van der Waals surface area contributed by atoms with Crippen molar-refractivity contribution in [1.82, 2.24) is 4.98 Å². The topological polar surface area (TPSA) is 99.1 Å². The lowest BCUT2D eigenvalue weighted by atomic mass is 9.79. The maximum absolute atomic E-state index is 11.6. The molecule has 1 aromatic heterocycles. The number of allylic oxidation sites excluding steroid dienone is 1. The molecule has 2 rings (SSSR count). The number of carbonyl (C=O) groups excluding carboxylic acids is 2. The zero-order valence-corrected chi connectivity index (χ0v) is 9.74. The van der Waals surface area contributed by atoms with E-state index >= 15 is 0 Å². The Balaban J connectivity index is 2.40. The van der Waals surface area contributed by atoms with Crippen LogP contribution < -0.4 is 11.5 Å². The van der Waals surface area contributed by atoms with Gasteiger partial charge in [0.05, 0.1) is 0 Å². The van der Waals surface area contributed by atoms with Crippen LogP contribution in [0.4, 0.5) is 0 Å². The first-order chi connectivity index (χ1) is 8.06. The lowest BCUT2D eigenvalue weighted by Gasteiger charge is -2.26. The molecule has 6 heteroatoms. The zero-order valence-electron chi connectivity index (χ0n) is 8.92. The molecule has 0 radical (unpaired) electrons. The van der Waals surface area contributed by atoms with E-state index in [4.69, 9.17) is 11.5 Å². The molecule has 1 unspecified atom stereocenters. The Hall–Kier alpha value is -1.95. The first kappa shape index (κ1) is 11.5. The number of aromatic nitrogens is 1. The van der Waals surface area contributed by atoms with Crippen LogP contribution in [0.3, 0.4) is 0 Å². The van der Waals surface area contributed by atoms with Gasteiger partial charge in [0.15, 0.2) is 0 Å². The Morgan fingerprint density at radius 2 is 2.18 bits per heavy atom. The molecule has 2 amide bonds. The third-order valence-corrected chi connectivity index (χ3v) is 3.68. The van der Waals surface area contributed by atoms with E-state index in [0.717, 1.165) is 0 Å². The fraction of sp³-hybridized carbons (Fsp3) is 0.182. The Morgan fingerprint density at radius 3 is 2.59 bits per heavy atom. The highest BCUT2D eigenvalue weighted by molar-refractivity contribution is 7.09. The highest BCUT2D eigenvalue weighted by Crippen LogP contribution is 2.35. The highest BCUT2D eigenvalue weighted by Gasteiger charge is 2.39. The number of amides is 2. The van der Waals surface area contributed by atoms with E-state index in [0.29, 0.717) is 17.0 Å². The predicted octanol–water partition coefficient (Wildman–Crippen LogP) is 0.238. The van der Waals surface area contributed by atoms with Crippen molar-refractivity contribution in [2.45, 2.75) is 11.8 Å². The molecular formula is C11H11N3O2S. The number of hydrogen-bond acceptors (Lipinski definition) is 4. The normalized spacial score (nSPS) is 23.2. The molecule has 1 heterocycles. The van der Waals surface area contributed by atoms with Crippen LogP contribution in [0.2, 0.25) is 0 Å². The van der Waals surface area contributed by atoms with Crippen LogP contribution in [0.1, 0.15) is 11.4 Å². The van der Waals surface area contributed by atoms with Gasteiger partial charge in [0.2, 0.25) is 11.8 Å². The molecule has 0 bridgehead atoms. The lowest BCUT2D eigenvalue weighted by Crippen LogP contribution is -2.40. The van der Waals surface area contributed by atoms with Crippen molar-refractivity contribution in [2.75, 3.05) is 0 Å². The van der Waals surface area contributed by atoms with Gasteiger partial charge in [-0.05, 0) is 6.42 Å². The summed E-state index contributed by atoms with van der Waals surface area (Å²) in [4.78, 5) is 26.8. The van der Waals surface area contributed by atoms with Crippen LogP contribution in [0, 0.1) is 0 Å². The standard InChI is InChI=1S/C11H11N3O2S/c12-8(15)7-1-3-11(4-2-7,9(13)16)10-14-5-6-17-10/h1-3,5-6H,4H2,(H2,12,15)(H2,13,16). The summed E-state index contributed by atoms with van der Waals surface area (Å²) in [6.07, 6.45) is 6.68. The van der Waals surface area contributed by atoms with Gasteiger partial charge in [0.1, 0.15) is 10.4 Å². The summed E-state index contributed by atoms with van der Waals surface area (Å²) in [5.74, 6) is -0.998. The minimum atomic E-state index is -0.951. The van der Waals surface area contributed by atoms with Crippen LogP contribution in [0.15, 0.2) is 35.4 Å². The van der Waals surface area contributed by atoms with Gasteiger partial charge < -0.3 is 11.5 Å². The average Bonchev–Trinajstić information content (AvgIpc) is 2.82. The summed E-state index contributed by atoms with van der Waals surface area (Å²) in [7, 11) is 0. The van der Waals surface area contributed by atoms with E-state index in [9.17, 15) is 9.59 Å². The Morgan fingerprint density at radius 1 is 1.41 bits per heavy atom. The van der Waals surface area contributed by atoms with Gasteiger partial charge in [-0.1, -0.05) is 18.2 Å². The zero-order chi connectivity index (χ0) is 12.5. The van der Waals surface area contributed by atoms with Crippen molar-refractivity contribution in [1.29, 1.82) is 0 Å². The summed E-state index contributed by atoms with van der Waals surface area (Å²) in [5.41, 5.74) is 10.0. The number of thiazole rings is 1. The van der Waals surface area contributed by atoms with Gasteiger partial charge in [-0.25, -0.2) is 4.98 Å². The molecule has 1 aromatic rings. The predicted molar refractivity (Wildman–Crippen MR) is 64.0 cm³/mol. The van der Waals surface area contributed by atoms with Crippen LogP contribution in [0.5, 0.6) is 0 Å². The number of hydrogen-bond donors (Lipinski definition) is 2. The van der Waals surface area contributed by atoms with Gasteiger partial charge in [-0.2, -0.15) is 0 Å². The highest BCUT2D eigenvalue weighted by atomic mass is 32.1. The average molecular weight is 249 g/mol. The molecule has 0 spiro atoms. The Bertz CT molecular complexity index is 519. The summed E-state index contributed by atoms with van der Waals surface area (Å²) in [6, 6.07) is 0. The first-order valence-corrected chi connectivity index (χ1v) is 5.83. The number of carbonyl (C=O) groups is 2. The second kappa shape index (κ2) is 4.14. The molecule has 0 fully saturated rings. The van der Waals surface area contributed by atoms with E-state index in [1.807, 2.05) is 0 Å². The van der Waals surface area contributed by atoms with Gasteiger partial charge in [-0.3, -0.25) is 9.59 Å². The van der Waals surface area contributed by atoms with E-state index in [2.05, 4.69) is 4.98 Å². The molecule has 17 heavy (non-hydrogen) atoms. The van der Waals surface area contributed by atoms with E-state index in [1.54, 1.807) is 23.7 Å². The van der Waals surface area contributed by atoms with Crippen molar-refractivity contribution < 1.29 is 9.59 Å². The summed E-state index contributed by atoms with van der Waals surface area (Å²) < 4.78 is 0. The Labute approximate surface area is 102 Å². The SMILES string of the molecule is NC(=O)C1=CCC(C(N)=O)(c2nccs2)C=C1. The van der Waals surface area contributed by atoms with Gasteiger partial charge in [-0.15, -0.1) is 11.3 Å². The largest absolute Gasteiger partial charge is 0.369 e. The van der Waals surface area contributed by atoms with Crippen molar-refractivity contribution in [3.05, 3.63) is 40.4 Å². The molecule has 0 saturated carbocycles. The molecule has 0 aromatic carbocycles. The second-order valence-corrected chi connectivity index (χ2v) is 4.63. The van der Waals surface area contributed by atoms with E-state index < -0.39 is 17.2 Å². The lowest BCUT2D eigenvalue weighted by molar-refractivity contribution is -0.122. The molecule has 4 N–H and O–H groups in total. The van der Waals surface area contributed by atoms with Crippen LogP contribution in [0.25, 0.3) is 0 Å². The van der Waals surface area contributed by atoms with Crippen molar-refractivity contribution >= 4 is 23.2 Å². The minimum Gasteiger partial charge on any atom is -0.369 e. The summed E-state index contributed by atoms with van der Waals surface area (Å²) >= 11 is 1.36. The molecular weight excluding hydrogens is 238 g/mol. The number of nitrogens with zero attached hydrogens (tertiary/aromatic N) is 1. The summed E-state index contributed by atoms with van der Waals surface area (Å²) in [5, 5.41) is 2.40. The minimum absolute atomic E-state index is 0.310. The van der Waals surface area contributed by atoms with Crippen molar-refractivity contribution in [3.63, 3.8) is 0 Å². The van der Waals surface area contributed by atoms with Crippen molar-refractivity contribution in [2.24, 2.45) is 11.5 Å². The second-order valence-electron chi connectivity index (χ2n) is 3.73.